The fourth-order valence-electron chi connectivity index (χ4n) is 2.95. The molecule has 1 aromatic heterocycles. The minimum atomic E-state index is -3.90. The molecule has 4 rings (SSSR count). The molecule has 0 spiro atoms. The maximum absolute atomic E-state index is 12.0. The van der Waals surface area contributed by atoms with Crippen LogP contribution in [0.15, 0.2) is 63.3 Å². The normalized spacial score (nSPS) is 11.8. The Bertz CT molecular complexity index is 1370. The number of aromatic nitrogens is 2. The van der Waals surface area contributed by atoms with Crippen molar-refractivity contribution >= 4 is 38.1 Å². The molecule has 1 heterocycles. The molecule has 0 amide bonds. The minimum Gasteiger partial charge on any atom is -0.376 e. The van der Waals surface area contributed by atoms with Gasteiger partial charge < -0.3 is 15.6 Å². The Hall–Kier alpha value is -3.50. The number of hydrogen-bond donors (Lipinski definition) is 4. The quantitative estimate of drug-likeness (QED) is 0.357. The SMILES string of the molecule is NS(=O)(=O)c1ccccc1CNc1c(Nc2ccc3nc[nH]c3c2)c(=O)c1=O. The first-order chi connectivity index (χ1) is 13.3. The number of fused-ring (bicyclic) bond motifs is 1. The third-order valence-electron chi connectivity index (χ3n) is 4.33. The molecule has 5 N–H and O–H groups in total. The summed E-state index contributed by atoms with van der Waals surface area (Å²) in [5.41, 5.74) is 1.45. The van der Waals surface area contributed by atoms with Gasteiger partial charge in [-0.05, 0) is 29.8 Å². The predicted octanol–water partition coefficient (Wildman–Crippen LogP) is 1.16. The lowest BCUT2D eigenvalue weighted by Crippen LogP contribution is -2.36. The smallest absolute Gasteiger partial charge is 0.253 e. The molecule has 0 fully saturated rings. The Morgan fingerprint density at radius 3 is 2.57 bits per heavy atom. The van der Waals surface area contributed by atoms with Crippen LogP contribution in [0, 0.1) is 0 Å². The van der Waals surface area contributed by atoms with Crippen LogP contribution in [0.1, 0.15) is 5.56 Å². The highest BCUT2D eigenvalue weighted by Crippen LogP contribution is 2.24. The summed E-state index contributed by atoms with van der Waals surface area (Å²) in [6.07, 6.45) is 1.56. The highest BCUT2D eigenvalue weighted by atomic mass is 32.2. The van der Waals surface area contributed by atoms with Crippen LogP contribution in [-0.2, 0) is 16.6 Å². The van der Waals surface area contributed by atoms with Gasteiger partial charge in [-0.2, -0.15) is 0 Å². The Balaban J connectivity index is 1.58. The molecule has 0 saturated carbocycles. The number of rotatable bonds is 6. The predicted molar refractivity (Wildman–Crippen MR) is 106 cm³/mol. The molecule has 9 nitrogen and oxygen atoms in total. The molecule has 0 bridgehead atoms. The molecule has 0 saturated heterocycles. The molecule has 28 heavy (non-hydrogen) atoms. The van der Waals surface area contributed by atoms with Gasteiger partial charge in [0.1, 0.15) is 11.4 Å². The number of nitrogens with one attached hydrogen (secondary N) is 3. The van der Waals surface area contributed by atoms with Crippen molar-refractivity contribution in [3.05, 3.63) is 74.8 Å². The van der Waals surface area contributed by atoms with E-state index in [0.29, 0.717) is 11.3 Å². The van der Waals surface area contributed by atoms with Crippen LogP contribution in [0.25, 0.3) is 11.0 Å². The summed E-state index contributed by atoms with van der Waals surface area (Å²) in [7, 11) is -3.90. The van der Waals surface area contributed by atoms with Crippen molar-refractivity contribution in [3.8, 4) is 0 Å². The third-order valence-corrected chi connectivity index (χ3v) is 5.35. The summed E-state index contributed by atoms with van der Waals surface area (Å²) >= 11 is 0. The van der Waals surface area contributed by atoms with Crippen molar-refractivity contribution in [2.75, 3.05) is 10.6 Å². The number of hydrogen-bond acceptors (Lipinski definition) is 7. The van der Waals surface area contributed by atoms with Crippen LogP contribution in [0.2, 0.25) is 0 Å². The van der Waals surface area contributed by atoms with Gasteiger partial charge in [0.25, 0.3) is 10.9 Å². The largest absolute Gasteiger partial charge is 0.376 e. The number of imidazole rings is 1. The number of nitrogens with two attached hydrogens (primary N) is 1. The van der Waals surface area contributed by atoms with Gasteiger partial charge in [0.05, 0.1) is 22.3 Å². The maximum Gasteiger partial charge on any atom is 0.253 e. The van der Waals surface area contributed by atoms with E-state index < -0.39 is 20.9 Å². The molecule has 0 unspecified atom stereocenters. The van der Waals surface area contributed by atoms with Crippen LogP contribution in [0.5, 0.6) is 0 Å². The molecule has 0 aliphatic heterocycles. The van der Waals surface area contributed by atoms with E-state index in [0.717, 1.165) is 11.0 Å². The van der Waals surface area contributed by atoms with E-state index in [1.54, 1.807) is 42.7 Å². The second-order valence-electron chi connectivity index (χ2n) is 6.17. The first kappa shape index (κ1) is 17.9. The van der Waals surface area contributed by atoms with E-state index >= 15 is 0 Å². The first-order valence-electron chi connectivity index (χ1n) is 8.22. The molecule has 4 aromatic rings. The van der Waals surface area contributed by atoms with Gasteiger partial charge in [-0.25, -0.2) is 18.5 Å². The fourth-order valence-corrected chi connectivity index (χ4v) is 3.72. The zero-order valence-electron chi connectivity index (χ0n) is 14.4. The Morgan fingerprint density at radius 1 is 1.04 bits per heavy atom. The highest BCUT2D eigenvalue weighted by molar-refractivity contribution is 7.89. The van der Waals surface area contributed by atoms with Crippen LogP contribution >= 0.6 is 0 Å². The van der Waals surface area contributed by atoms with Gasteiger partial charge in [-0.1, -0.05) is 18.2 Å². The molecule has 0 aliphatic carbocycles. The number of primary sulfonamides is 1. The lowest BCUT2D eigenvalue weighted by molar-refractivity contribution is 0.597. The van der Waals surface area contributed by atoms with Crippen molar-refractivity contribution in [1.82, 2.24) is 9.97 Å². The van der Waals surface area contributed by atoms with Crippen LogP contribution in [0.4, 0.5) is 17.1 Å². The summed E-state index contributed by atoms with van der Waals surface area (Å²) in [5.74, 6) is 0. The van der Waals surface area contributed by atoms with Crippen LogP contribution < -0.4 is 26.6 Å². The van der Waals surface area contributed by atoms with Gasteiger partial charge >= 0.3 is 0 Å². The topological polar surface area (TPSA) is 147 Å². The Kier molecular flexibility index (Phi) is 4.21. The second kappa shape index (κ2) is 6.59. The number of benzene rings is 2. The first-order valence-corrected chi connectivity index (χ1v) is 9.77. The van der Waals surface area contributed by atoms with Crippen molar-refractivity contribution in [3.63, 3.8) is 0 Å². The maximum atomic E-state index is 12.0. The van der Waals surface area contributed by atoms with E-state index in [1.165, 1.54) is 6.07 Å². The van der Waals surface area contributed by atoms with Crippen molar-refractivity contribution in [1.29, 1.82) is 0 Å². The summed E-state index contributed by atoms with van der Waals surface area (Å²) in [4.78, 5) is 31.0. The van der Waals surface area contributed by atoms with Gasteiger partial charge in [0, 0.05) is 12.2 Å². The number of aromatic amines is 1. The lowest BCUT2D eigenvalue weighted by Gasteiger charge is -2.16. The van der Waals surface area contributed by atoms with E-state index in [1.807, 2.05) is 0 Å². The molecule has 0 atom stereocenters. The van der Waals surface area contributed by atoms with Crippen molar-refractivity contribution in [2.45, 2.75) is 11.4 Å². The number of anilines is 3. The zero-order chi connectivity index (χ0) is 19.9. The van der Waals surface area contributed by atoms with E-state index in [-0.39, 0.29) is 22.8 Å². The van der Waals surface area contributed by atoms with Gasteiger partial charge in [0.15, 0.2) is 0 Å². The van der Waals surface area contributed by atoms with Crippen LogP contribution in [-0.4, -0.2) is 18.4 Å². The van der Waals surface area contributed by atoms with Gasteiger partial charge in [-0.3, -0.25) is 9.59 Å². The molecular weight excluding hydrogens is 382 g/mol. The van der Waals surface area contributed by atoms with Crippen LogP contribution in [0.3, 0.4) is 0 Å². The lowest BCUT2D eigenvalue weighted by atomic mass is 10.1. The summed E-state index contributed by atoms with van der Waals surface area (Å²) in [5, 5.41) is 11.0. The number of sulfonamides is 1. The summed E-state index contributed by atoms with van der Waals surface area (Å²) in [6.45, 7) is 0.0196. The molecule has 3 aromatic carbocycles. The highest BCUT2D eigenvalue weighted by Gasteiger charge is 2.22. The van der Waals surface area contributed by atoms with E-state index in [4.69, 9.17) is 5.14 Å². The molecule has 0 aliphatic rings. The van der Waals surface area contributed by atoms with Crippen molar-refractivity contribution < 1.29 is 8.42 Å². The minimum absolute atomic E-state index is 0.0196. The molecule has 0 radical (unpaired) electrons. The zero-order valence-corrected chi connectivity index (χ0v) is 15.2. The summed E-state index contributed by atoms with van der Waals surface area (Å²) in [6, 6.07) is 11.4. The van der Waals surface area contributed by atoms with Gasteiger partial charge in [-0.15, -0.1) is 0 Å². The standard InChI is InChI=1S/C18H15N5O4S/c19-28(26,27)14-4-2-1-3-10(14)8-20-15-16(18(25)17(15)24)23-11-5-6-12-13(7-11)22-9-21-12/h1-7,9,20,23H,8H2,(H,21,22)(H2,19,26,27). The third kappa shape index (κ3) is 3.15. The average Bonchev–Trinajstić information content (AvgIpc) is 3.14. The van der Waals surface area contributed by atoms with E-state index in [2.05, 4.69) is 20.6 Å². The second-order valence-corrected chi connectivity index (χ2v) is 7.70. The molecule has 10 heteroatoms. The Morgan fingerprint density at radius 2 is 1.79 bits per heavy atom. The molecule has 142 valence electrons. The Labute approximate surface area is 159 Å². The summed E-state index contributed by atoms with van der Waals surface area (Å²) < 4.78 is 23.4. The van der Waals surface area contributed by atoms with E-state index in [9.17, 15) is 18.0 Å². The molecular formula is C18H15N5O4S. The number of nitrogens with zero attached hydrogens (tertiary/aromatic N) is 1. The van der Waals surface area contributed by atoms with Crippen molar-refractivity contribution in [2.24, 2.45) is 5.14 Å². The monoisotopic (exact) mass is 397 g/mol. The number of H-pyrrole nitrogens is 1. The van der Waals surface area contributed by atoms with Gasteiger partial charge in [0.2, 0.25) is 10.0 Å². The fraction of sp³-hybridized carbons (Fsp3) is 0.0556. The average molecular weight is 397 g/mol.